The number of aryl methyl sites for hydroxylation is 2. The number of sulfonamides is 1. The number of rotatable bonds is 4. The predicted molar refractivity (Wildman–Crippen MR) is 157 cm³/mol. The Labute approximate surface area is 245 Å². The van der Waals surface area contributed by atoms with Crippen molar-refractivity contribution < 1.29 is 17.9 Å². The molecular formula is C30H33N7O4S. The summed E-state index contributed by atoms with van der Waals surface area (Å²) in [7, 11) is -4.25. The van der Waals surface area contributed by atoms with E-state index in [0.29, 0.717) is 17.8 Å². The van der Waals surface area contributed by atoms with E-state index < -0.39 is 22.0 Å². The fraction of sp³-hybridized carbons (Fsp3) is 0.333. The van der Waals surface area contributed by atoms with Gasteiger partial charge in [-0.05, 0) is 61.1 Å². The Bertz CT molecular complexity index is 1700. The SMILES string of the molecule is Cc1cccc(C)c1-c1cc2nc(n1)NS(=O)(=O)c1cccc(n1)C(=O)N(Cc1cccnn1)[C@H](CC(C)(C)C)CO2. The van der Waals surface area contributed by atoms with Crippen molar-refractivity contribution >= 4 is 21.9 Å². The first kappa shape index (κ1) is 29.1. The summed E-state index contributed by atoms with van der Waals surface area (Å²) in [6.45, 7) is 10.4. The third kappa shape index (κ3) is 6.54. The van der Waals surface area contributed by atoms with Gasteiger partial charge in [0.2, 0.25) is 11.8 Å². The van der Waals surface area contributed by atoms with Gasteiger partial charge >= 0.3 is 0 Å². The first-order valence-corrected chi connectivity index (χ1v) is 15.0. The minimum absolute atomic E-state index is 0.0243. The highest BCUT2D eigenvalue weighted by Gasteiger charge is 2.32. The highest BCUT2D eigenvalue weighted by atomic mass is 32.2. The summed E-state index contributed by atoms with van der Waals surface area (Å²) in [6, 6.07) is 14.9. The van der Waals surface area contributed by atoms with Crippen LogP contribution in [-0.2, 0) is 16.6 Å². The number of hydrogen-bond donors (Lipinski definition) is 1. The molecule has 0 radical (unpaired) electrons. The summed E-state index contributed by atoms with van der Waals surface area (Å²) < 4.78 is 35.6. The zero-order valence-corrected chi connectivity index (χ0v) is 25.0. The molecule has 0 unspecified atom stereocenters. The topological polar surface area (TPSA) is 140 Å². The highest BCUT2D eigenvalue weighted by Crippen LogP contribution is 2.31. The minimum Gasteiger partial charge on any atom is -0.475 e. The van der Waals surface area contributed by atoms with Crippen molar-refractivity contribution in [2.45, 2.75) is 58.7 Å². The Kier molecular flexibility index (Phi) is 7.91. The van der Waals surface area contributed by atoms with Gasteiger partial charge in [-0.3, -0.25) is 4.79 Å². The standard InChI is InChI=1S/C30H33N7O4S/c1-19-9-6-10-20(2)27(19)24-15-25-34-29(33-24)36-42(39,40)26-13-7-12-23(32-26)28(38)37(17-21-11-8-14-31-35-21)22(18-41-25)16-30(3,4)5/h6-15,22H,16-18H2,1-5H3,(H,33,34,36)/t22-/m1/s1. The van der Waals surface area contributed by atoms with Crippen molar-refractivity contribution in [1.29, 1.82) is 0 Å². The van der Waals surface area contributed by atoms with E-state index >= 15 is 0 Å². The van der Waals surface area contributed by atoms with Crippen LogP contribution >= 0.6 is 0 Å². The van der Waals surface area contributed by atoms with Gasteiger partial charge in [-0.1, -0.05) is 45.0 Å². The van der Waals surface area contributed by atoms with E-state index in [1.807, 2.05) is 32.0 Å². The van der Waals surface area contributed by atoms with Crippen LogP contribution in [0.15, 0.2) is 65.8 Å². The number of pyridine rings is 1. The van der Waals surface area contributed by atoms with E-state index in [1.54, 1.807) is 29.3 Å². The Morgan fingerprint density at radius 3 is 2.40 bits per heavy atom. The van der Waals surface area contributed by atoms with E-state index in [4.69, 9.17) is 4.74 Å². The van der Waals surface area contributed by atoms with Crippen molar-refractivity contribution in [2.24, 2.45) is 5.41 Å². The van der Waals surface area contributed by atoms with Gasteiger partial charge in [0, 0.05) is 17.8 Å². The molecule has 3 aromatic heterocycles. The van der Waals surface area contributed by atoms with Gasteiger partial charge in [0.05, 0.1) is 24.0 Å². The van der Waals surface area contributed by atoms with Crippen LogP contribution in [0.4, 0.5) is 5.95 Å². The van der Waals surface area contributed by atoms with E-state index in [9.17, 15) is 13.2 Å². The van der Waals surface area contributed by atoms with Gasteiger partial charge in [0.25, 0.3) is 15.9 Å². The van der Waals surface area contributed by atoms with E-state index in [2.05, 4.69) is 50.6 Å². The molecule has 1 aliphatic rings. The number of fused-ring (bicyclic) bond motifs is 4. The molecule has 1 amide bonds. The van der Waals surface area contributed by atoms with Gasteiger partial charge < -0.3 is 9.64 Å². The number of carbonyl (C=O) groups is 1. The lowest BCUT2D eigenvalue weighted by atomic mass is 9.87. The third-order valence-corrected chi connectivity index (χ3v) is 8.05. The molecule has 0 fully saturated rings. The normalized spacial score (nSPS) is 16.8. The summed E-state index contributed by atoms with van der Waals surface area (Å²) in [5, 5.41) is 7.82. The molecule has 1 aliphatic heterocycles. The van der Waals surface area contributed by atoms with Crippen LogP contribution < -0.4 is 9.46 Å². The van der Waals surface area contributed by atoms with Crippen LogP contribution in [0.2, 0.25) is 0 Å². The second-order valence-electron chi connectivity index (χ2n) is 11.5. The Morgan fingerprint density at radius 1 is 0.976 bits per heavy atom. The molecule has 4 aromatic rings. The lowest BCUT2D eigenvalue weighted by Crippen LogP contribution is -2.45. The molecule has 12 heteroatoms. The van der Waals surface area contributed by atoms with E-state index in [0.717, 1.165) is 16.7 Å². The monoisotopic (exact) mass is 587 g/mol. The minimum atomic E-state index is -4.25. The lowest BCUT2D eigenvalue weighted by molar-refractivity contribution is 0.0502. The van der Waals surface area contributed by atoms with Crippen LogP contribution in [0.5, 0.6) is 5.88 Å². The van der Waals surface area contributed by atoms with Crippen molar-refractivity contribution in [3.63, 3.8) is 0 Å². The Morgan fingerprint density at radius 2 is 1.71 bits per heavy atom. The molecule has 1 N–H and O–H groups in total. The molecular weight excluding hydrogens is 554 g/mol. The van der Waals surface area contributed by atoms with Gasteiger partial charge in [-0.15, -0.1) is 0 Å². The summed E-state index contributed by atoms with van der Waals surface area (Å²) in [4.78, 5) is 28.9. The number of nitrogens with one attached hydrogen (secondary N) is 1. The van der Waals surface area contributed by atoms with Gasteiger partial charge in [0.1, 0.15) is 12.3 Å². The molecule has 5 rings (SSSR count). The first-order chi connectivity index (χ1) is 19.9. The number of amides is 1. The number of nitrogens with zero attached hydrogens (tertiary/aromatic N) is 6. The van der Waals surface area contributed by atoms with Crippen LogP contribution in [0, 0.1) is 19.3 Å². The average molecular weight is 588 g/mol. The van der Waals surface area contributed by atoms with Gasteiger partial charge in [0.15, 0.2) is 5.03 Å². The van der Waals surface area contributed by atoms with Gasteiger partial charge in [-0.25, -0.2) is 14.7 Å². The summed E-state index contributed by atoms with van der Waals surface area (Å²) >= 11 is 0. The molecule has 1 atom stereocenters. The molecule has 1 aromatic carbocycles. The highest BCUT2D eigenvalue weighted by molar-refractivity contribution is 7.92. The van der Waals surface area contributed by atoms with Crippen LogP contribution in [0.25, 0.3) is 11.3 Å². The molecule has 0 saturated carbocycles. The van der Waals surface area contributed by atoms with E-state index in [1.165, 1.54) is 18.2 Å². The maximum atomic E-state index is 14.0. The van der Waals surface area contributed by atoms with Crippen molar-refractivity contribution in [3.05, 3.63) is 83.3 Å². The molecule has 0 aliphatic carbocycles. The largest absolute Gasteiger partial charge is 0.475 e. The van der Waals surface area contributed by atoms with Crippen molar-refractivity contribution in [3.8, 4) is 17.1 Å². The molecule has 11 nitrogen and oxygen atoms in total. The van der Waals surface area contributed by atoms with Gasteiger partial charge in [-0.2, -0.15) is 23.6 Å². The second-order valence-corrected chi connectivity index (χ2v) is 13.2. The van der Waals surface area contributed by atoms with Crippen molar-refractivity contribution in [1.82, 2.24) is 30.0 Å². The molecule has 0 saturated heterocycles. The molecule has 4 bridgehead atoms. The zero-order valence-electron chi connectivity index (χ0n) is 24.2. The van der Waals surface area contributed by atoms with Crippen LogP contribution in [0.3, 0.4) is 0 Å². The molecule has 0 spiro atoms. The number of anilines is 1. The lowest BCUT2D eigenvalue weighted by Gasteiger charge is -2.35. The summed E-state index contributed by atoms with van der Waals surface area (Å²) in [5.74, 6) is -0.444. The average Bonchev–Trinajstić information content (AvgIpc) is 2.93. The predicted octanol–water partition coefficient (Wildman–Crippen LogP) is 4.59. The second kappa shape index (κ2) is 11.4. The first-order valence-electron chi connectivity index (χ1n) is 13.6. The zero-order chi connectivity index (χ0) is 30.1. The number of ether oxygens (including phenoxy) is 1. The summed E-state index contributed by atoms with van der Waals surface area (Å²) in [5.41, 5.74) is 3.64. The molecule has 42 heavy (non-hydrogen) atoms. The van der Waals surface area contributed by atoms with E-state index in [-0.39, 0.29) is 41.1 Å². The number of hydrogen-bond acceptors (Lipinski definition) is 9. The smallest absolute Gasteiger partial charge is 0.281 e. The third-order valence-electron chi connectivity index (χ3n) is 6.82. The maximum absolute atomic E-state index is 14.0. The number of benzene rings is 1. The quantitative estimate of drug-likeness (QED) is 0.363. The summed E-state index contributed by atoms with van der Waals surface area (Å²) in [6.07, 6.45) is 2.13. The molecule has 4 heterocycles. The van der Waals surface area contributed by atoms with Crippen LogP contribution in [-0.4, -0.2) is 57.0 Å². The maximum Gasteiger partial charge on any atom is 0.281 e. The number of aromatic nitrogens is 5. The fourth-order valence-electron chi connectivity index (χ4n) is 5.00. The van der Waals surface area contributed by atoms with Crippen molar-refractivity contribution in [2.75, 3.05) is 11.3 Å². The molecule has 218 valence electrons. The Balaban J connectivity index is 1.68. The van der Waals surface area contributed by atoms with Crippen LogP contribution in [0.1, 0.15) is 54.5 Å². The Hall–Kier alpha value is -4.45. The number of carbonyl (C=O) groups excluding carboxylic acids is 1. The fourth-order valence-corrected chi connectivity index (χ4v) is 5.91.